The van der Waals surface area contributed by atoms with Crippen molar-refractivity contribution in [2.45, 2.75) is 53.5 Å². The van der Waals surface area contributed by atoms with Gasteiger partial charge >= 0.3 is 0 Å². The number of aryl methyl sites for hydroxylation is 2. The van der Waals surface area contributed by atoms with E-state index < -0.39 is 0 Å². The van der Waals surface area contributed by atoms with Gasteiger partial charge in [-0.1, -0.05) is 45.9 Å². The van der Waals surface area contributed by atoms with Crippen LogP contribution in [-0.2, 0) is 19.4 Å². The molecule has 3 rings (SSSR count). The lowest BCUT2D eigenvalue weighted by molar-refractivity contribution is 0.457. The Labute approximate surface area is 117 Å². The Hall–Kier alpha value is -0.820. The van der Waals surface area contributed by atoms with Crippen molar-refractivity contribution in [1.82, 2.24) is 5.32 Å². The third kappa shape index (κ3) is 2.12. The minimum Gasteiger partial charge on any atom is -0.312 e. The molecule has 0 saturated heterocycles. The fourth-order valence-corrected chi connectivity index (χ4v) is 3.94. The summed E-state index contributed by atoms with van der Waals surface area (Å²) in [4.78, 5) is 0. The maximum Gasteiger partial charge on any atom is 0.0205 e. The molecule has 1 saturated carbocycles. The van der Waals surface area contributed by atoms with Crippen molar-refractivity contribution in [3.8, 4) is 0 Å². The molecular formula is C18H27N. The maximum absolute atomic E-state index is 3.67. The largest absolute Gasteiger partial charge is 0.312 e. The van der Waals surface area contributed by atoms with E-state index in [4.69, 9.17) is 0 Å². The fourth-order valence-electron chi connectivity index (χ4n) is 3.94. The van der Waals surface area contributed by atoms with Gasteiger partial charge in [-0.15, -0.1) is 0 Å². The zero-order chi connectivity index (χ0) is 13.7. The molecule has 2 aliphatic carbocycles. The first-order chi connectivity index (χ1) is 8.93. The van der Waals surface area contributed by atoms with Crippen LogP contribution in [0.3, 0.4) is 0 Å². The van der Waals surface area contributed by atoms with Crippen LogP contribution in [-0.4, -0.2) is 6.54 Å². The zero-order valence-electron chi connectivity index (χ0n) is 12.8. The van der Waals surface area contributed by atoms with Crippen LogP contribution in [0, 0.1) is 16.7 Å². The quantitative estimate of drug-likeness (QED) is 0.861. The number of hydrogen-bond donors (Lipinski definition) is 1. The molecule has 0 unspecified atom stereocenters. The summed E-state index contributed by atoms with van der Waals surface area (Å²) in [6, 6.07) is 7.06. The molecule has 1 heteroatoms. The Morgan fingerprint density at radius 2 is 1.74 bits per heavy atom. The number of benzene rings is 1. The highest BCUT2D eigenvalue weighted by Gasteiger charge is 2.63. The van der Waals surface area contributed by atoms with Crippen molar-refractivity contribution in [2.75, 3.05) is 6.54 Å². The summed E-state index contributed by atoms with van der Waals surface area (Å²) in [5.74, 6) is 0.814. The van der Waals surface area contributed by atoms with Gasteiger partial charge in [-0.05, 0) is 59.2 Å². The molecule has 2 aliphatic rings. The van der Waals surface area contributed by atoms with Crippen LogP contribution in [0.5, 0.6) is 0 Å². The summed E-state index contributed by atoms with van der Waals surface area (Å²) in [6.07, 6.45) is 3.91. The molecule has 1 fully saturated rings. The Balaban J connectivity index is 1.54. The van der Waals surface area contributed by atoms with E-state index in [-0.39, 0.29) is 0 Å². The minimum absolute atomic E-state index is 0.498. The Bertz CT molecular complexity index is 470. The third-order valence-corrected chi connectivity index (χ3v) is 6.16. The van der Waals surface area contributed by atoms with Crippen molar-refractivity contribution in [3.05, 3.63) is 34.9 Å². The second-order valence-corrected chi connectivity index (χ2v) is 7.58. The third-order valence-electron chi connectivity index (χ3n) is 6.16. The summed E-state index contributed by atoms with van der Waals surface area (Å²) in [6.45, 7) is 11.8. The first kappa shape index (κ1) is 13.2. The first-order valence-electron chi connectivity index (χ1n) is 7.74. The molecule has 19 heavy (non-hydrogen) atoms. The molecule has 1 aromatic rings. The molecule has 0 radical (unpaired) electrons. The molecular weight excluding hydrogens is 230 g/mol. The van der Waals surface area contributed by atoms with Gasteiger partial charge in [-0.3, -0.25) is 0 Å². The van der Waals surface area contributed by atoms with Crippen molar-refractivity contribution >= 4 is 0 Å². The van der Waals surface area contributed by atoms with Crippen LogP contribution in [0.25, 0.3) is 0 Å². The van der Waals surface area contributed by atoms with E-state index in [0.717, 1.165) is 19.0 Å². The highest BCUT2D eigenvalue weighted by Crippen LogP contribution is 2.67. The van der Waals surface area contributed by atoms with E-state index in [1.54, 1.807) is 11.1 Å². The van der Waals surface area contributed by atoms with Crippen molar-refractivity contribution in [3.63, 3.8) is 0 Å². The smallest absolute Gasteiger partial charge is 0.0205 e. The van der Waals surface area contributed by atoms with E-state index in [9.17, 15) is 0 Å². The lowest BCUT2D eigenvalue weighted by atomic mass is 10.0. The molecule has 0 amide bonds. The molecule has 0 aromatic heterocycles. The Morgan fingerprint density at radius 3 is 2.42 bits per heavy atom. The van der Waals surface area contributed by atoms with Gasteiger partial charge < -0.3 is 5.32 Å². The van der Waals surface area contributed by atoms with Gasteiger partial charge in [-0.25, -0.2) is 0 Å². The zero-order valence-corrected chi connectivity index (χ0v) is 12.8. The molecule has 0 atom stereocenters. The van der Waals surface area contributed by atoms with Gasteiger partial charge in [0, 0.05) is 6.54 Å². The Morgan fingerprint density at radius 1 is 1.05 bits per heavy atom. The highest BCUT2D eigenvalue weighted by atomic mass is 14.9. The van der Waals surface area contributed by atoms with Crippen LogP contribution in [0.1, 0.15) is 50.8 Å². The van der Waals surface area contributed by atoms with Gasteiger partial charge in [-0.2, -0.15) is 0 Å². The second kappa shape index (κ2) is 4.34. The number of rotatable bonds is 4. The summed E-state index contributed by atoms with van der Waals surface area (Å²) < 4.78 is 0. The summed E-state index contributed by atoms with van der Waals surface area (Å²) in [5, 5.41) is 3.67. The van der Waals surface area contributed by atoms with Crippen LogP contribution in [0.4, 0.5) is 0 Å². The molecule has 1 nitrogen and oxygen atoms in total. The molecule has 1 N–H and O–H groups in total. The SMILES string of the molecule is CC1(C)C(CNCc2ccc3c(c2)CCC3)C1(C)C. The van der Waals surface area contributed by atoms with Crippen LogP contribution in [0.15, 0.2) is 18.2 Å². The first-order valence-corrected chi connectivity index (χ1v) is 7.74. The summed E-state index contributed by atoms with van der Waals surface area (Å²) in [5.41, 5.74) is 5.62. The number of nitrogens with one attached hydrogen (secondary N) is 1. The normalized spacial score (nSPS) is 23.4. The van der Waals surface area contributed by atoms with Crippen molar-refractivity contribution in [1.29, 1.82) is 0 Å². The van der Waals surface area contributed by atoms with Gasteiger partial charge in [0.05, 0.1) is 0 Å². The standard InChI is InChI=1S/C18H27N/c1-17(2)16(18(17,3)4)12-19-11-13-8-9-14-6-5-7-15(14)10-13/h8-10,16,19H,5-7,11-12H2,1-4H3. The average molecular weight is 257 g/mol. The van der Waals surface area contributed by atoms with Gasteiger partial charge in [0.1, 0.15) is 0 Å². The fraction of sp³-hybridized carbons (Fsp3) is 0.667. The van der Waals surface area contributed by atoms with Crippen LogP contribution in [0.2, 0.25) is 0 Å². The minimum atomic E-state index is 0.498. The van der Waals surface area contributed by atoms with Crippen LogP contribution < -0.4 is 5.32 Å². The predicted molar refractivity (Wildman–Crippen MR) is 81.2 cm³/mol. The van der Waals surface area contributed by atoms with E-state index in [1.807, 2.05) is 0 Å². The molecule has 0 heterocycles. The van der Waals surface area contributed by atoms with Gasteiger partial charge in [0.25, 0.3) is 0 Å². The molecule has 0 spiro atoms. The predicted octanol–water partition coefficient (Wildman–Crippen LogP) is 3.95. The van der Waals surface area contributed by atoms with Gasteiger partial charge in [0.15, 0.2) is 0 Å². The van der Waals surface area contributed by atoms with Crippen molar-refractivity contribution in [2.24, 2.45) is 16.7 Å². The topological polar surface area (TPSA) is 12.0 Å². The van der Waals surface area contributed by atoms with Crippen molar-refractivity contribution < 1.29 is 0 Å². The monoisotopic (exact) mass is 257 g/mol. The molecule has 104 valence electrons. The maximum atomic E-state index is 3.67. The number of fused-ring (bicyclic) bond motifs is 1. The van der Waals surface area contributed by atoms with E-state index in [0.29, 0.717) is 10.8 Å². The molecule has 1 aromatic carbocycles. The highest BCUT2D eigenvalue weighted by molar-refractivity contribution is 5.35. The Kier molecular flexibility index (Phi) is 3.01. The van der Waals surface area contributed by atoms with E-state index in [2.05, 4.69) is 51.2 Å². The lowest BCUT2D eigenvalue weighted by Gasteiger charge is -2.08. The summed E-state index contributed by atoms with van der Waals surface area (Å²) >= 11 is 0. The second-order valence-electron chi connectivity index (χ2n) is 7.58. The van der Waals surface area contributed by atoms with Crippen LogP contribution >= 0.6 is 0 Å². The van der Waals surface area contributed by atoms with Gasteiger partial charge in [0.2, 0.25) is 0 Å². The average Bonchev–Trinajstić information content (AvgIpc) is 2.74. The summed E-state index contributed by atoms with van der Waals surface area (Å²) in [7, 11) is 0. The molecule has 0 aliphatic heterocycles. The lowest BCUT2D eigenvalue weighted by Crippen LogP contribution is -2.19. The number of hydrogen-bond acceptors (Lipinski definition) is 1. The van der Waals surface area contributed by atoms with E-state index >= 15 is 0 Å². The molecule has 0 bridgehead atoms. The van der Waals surface area contributed by atoms with E-state index in [1.165, 1.54) is 24.8 Å².